The van der Waals surface area contributed by atoms with E-state index in [0.717, 1.165) is 65.7 Å². The molecule has 7 nitrogen and oxygen atoms in total. The molecule has 0 unspecified atom stereocenters. The molecule has 0 bridgehead atoms. The van der Waals surface area contributed by atoms with Crippen LogP contribution in [-0.4, -0.2) is 94.6 Å². The fourth-order valence-electron chi connectivity index (χ4n) is 2.37. The molecule has 2 aliphatic heterocycles. The van der Waals surface area contributed by atoms with Crippen LogP contribution in [0.4, 0.5) is 4.79 Å². The monoisotopic (exact) mass is 286 g/mol. The van der Waals surface area contributed by atoms with E-state index < -0.39 is 0 Å². The Kier molecular flexibility index (Phi) is 7.07. The molecule has 116 valence electrons. The number of morpholine rings is 2. The van der Waals surface area contributed by atoms with Crippen LogP contribution in [0.5, 0.6) is 0 Å². The van der Waals surface area contributed by atoms with Gasteiger partial charge in [0.1, 0.15) is 0 Å². The maximum atomic E-state index is 11.6. The first-order chi connectivity index (χ1) is 9.84. The molecule has 0 aromatic carbocycles. The van der Waals surface area contributed by atoms with E-state index in [0.29, 0.717) is 13.1 Å². The van der Waals surface area contributed by atoms with Crippen molar-refractivity contribution in [2.45, 2.75) is 0 Å². The average Bonchev–Trinajstić information content (AvgIpc) is 2.49. The molecular weight excluding hydrogens is 260 g/mol. The maximum Gasteiger partial charge on any atom is 0.314 e. The van der Waals surface area contributed by atoms with Crippen molar-refractivity contribution >= 4 is 6.03 Å². The summed E-state index contributed by atoms with van der Waals surface area (Å²) in [7, 11) is 0. The summed E-state index contributed by atoms with van der Waals surface area (Å²) < 4.78 is 10.6. The molecule has 2 N–H and O–H groups in total. The summed E-state index contributed by atoms with van der Waals surface area (Å²) in [6.45, 7) is 10.2. The van der Waals surface area contributed by atoms with Crippen molar-refractivity contribution in [1.82, 2.24) is 20.4 Å². The van der Waals surface area contributed by atoms with Gasteiger partial charge in [-0.15, -0.1) is 0 Å². The molecule has 0 aromatic rings. The van der Waals surface area contributed by atoms with Crippen molar-refractivity contribution in [2.75, 3.05) is 78.8 Å². The molecule has 20 heavy (non-hydrogen) atoms. The van der Waals surface area contributed by atoms with Crippen LogP contribution in [0.25, 0.3) is 0 Å². The number of urea groups is 1. The summed E-state index contributed by atoms with van der Waals surface area (Å²) in [5.41, 5.74) is 0. The first-order valence-electron chi connectivity index (χ1n) is 7.46. The van der Waals surface area contributed by atoms with Gasteiger partial charge in [0.25, 0.3) is 0 Å². The minimum absolute atomic E-state index is 0.0773. The summed E-state index contributed by atoms with van der Waals surface area (Å²) in [5.74, 6) is 0. The Morgan fingerprint density at radius 3 is 1.60 bits per heavy atom. The summed E-state index contributed by atoms with van der Waals surface area (Å²) in [6.07, 6.45) is 0. The Morgan fingerprint density at radius 1 is 0.800 bits per heavy atom. The first kappa shape index (κ1) is 15.5. The lowest BCUT2D eigenvalue weighted by atomic mass is 10.4. The van der Waals surface area contributed by atoms with Crippen molar-refractivity contribution in [3.05, 3.63) is 0 Å². The molecular formula is C13H26N4O3. The Bertz CT molecular complexity index is 253. The summed E-state index contributed by atoms with van der Waals surface area (Å²) >= 11 is 0. The normalized spacial score (nSPS) is 21.6. The molecule has 2 heterocycles. The van der Waals surface area contributed by atoms with Crippen LogP contribution in [0.2, 0.25) is 0 Å². The second-order valence-electron chi connectivity index (χ2n) is 5.09. The van der Waals surface area contributed by atoms with E-state index in [-0.39, 0.29) is 6.03 Å². The fourth-order valence-corrected chi connectivity index (χ4v) is 2.37. The van der Waals surface area contributed by atoms with Gasteiger partial charge in [-0.05, 0) is 0 Å². The van der Waals surface area contributed by atoms with Gasteiger partial charge in [0.2, 0.25) is 0 Å². The Balaban J connectivity index is 1.45. The third kappa shape index (κ3) is 6.04. The SMILES string of the molecule is O=C(NCCN1CCOCC1)NCCN1CCOCC1. The van der Waals surface area contributed by atoms with Crippen molar-refractivity contribution in [1.29, 1.82) is 0 Å². The van der Waals surface area contributed by atoms with Gasteiger partial charge in [-0.1, -0.05) is 0 Å². The highest BCUT2D eigenvalue weighted by Gasteiger charge is 2.11. The second-order valence-corrected chi connectivity index (χ2v) is 5.09. The van der Waals surface area contributed by atoms with Gasteiger partial charge in [0.15, 0.2) is 0 Å². The largest absolute Gasteiger partial charge is 0.379 e. The van der Waals surface area contributed by atoms with Crippen molar-refractivity contribution < 1.29 is 14.3 Å². The van der Waals surface area contributed by atoms with Gasteiger partial charge >= 0.3 is 6.03 Å². The van der Waals surface area contributed by atoms with Crippen LogP contribution in [0, 0.1) is 0 Å². The van der Waals surface area contributed by atoms with Gasteiger partial charge in [-0.3, -0.25) is 9.80 Å². The number of carbonyl (C=O) groups excluding carboxylic acids is 1. The average molecular weight is 286 g/mol. The molecule has 0 radical (unpaired) electrons. The predicted molar refractivity (Wildman–Crippen MR) is 75.9 cm³/mol. The lowest BCUT2D eigenvalue weighted by Crippen LogP contribution is -2.46. The van der Waals surface area contributed by atoms with E-state index in [9.17, 15) is 4.79 Å². The Labute approximate surface area is 120 Å². The van der Waals surface area contributed by atoms with Crippen LogP contribution in [0.1, 0.15) is 0 Å². The van der Waals surface area contributed by atoms with Crippen LogP contribution < -0.4 is 10.6 Å². The Morgan fingerprint density at radius 2 is 1.20 bits per heavy atom. The lowest BCUT2D eigenvalue weighted by molar-refractivity contribution is 0.0382. The fraction of sp³-hybridized carbons (Fsp3) is 0.923. The minimum atomic E-state index is -0.0773. The predicted octanol–water partition coefficient (Wildman–Crippen LogP) is -1.05. The van der Waals surface area contributed by atoms with Crippen LogP contribution in [0.15, 0.2) is 0 Å². The Hall–Kier alpha value is -0.890. The number of nitrogens with one attached hydrogen (secondary N) is 2. The molecule has 0 atom stereocenters. The third-order valence-corrected chi connectivity index (χ3v) is 3.63. The van der Waals surface area contributed by atoms with E-state index in [1.54, 1.807) is 0 Å². The number of carbonyl (C=O) groups is 1. The number of ether oxygens (including phenoxy) is 2. The summed E-state index contributed by atoms with van der Waals surface area (Å²) in [5, 5.41) is 5.78. The standard InChI is InChI=1S/C13H26N4O3/c18-13(14-1-3-16-5-9-19-10-6-16)15-2-4-17-7-11-20-12-8-17/h1-12H2,(H2,14,15,18). The highest BCUT2D eigenvalue weighted by Crippen LogP contribution is 1.95. The van der Waals surface area contributed by atoms with Crippen molar-refractivity contribution in [2.24, 2.45) is 0 Å². The zero-order chi connectivity index (χ0) is 14.0. The maximum absolute atomic E-state index is 11.6. The third-order valence-electron chi connectivity index (χ3n) is 3.63. The van der Waals surface area contributed by atoms with Crippen molar-refractivity contribution in [3.63, 3.8) is 0 Å². The number of hydrogen-bond donors (Lipinski definition) is 2. The van der Waals surface area contributed by atoms with Crippen LogP contribution in [-0.2, 0) is 9.47 Å². The molecule has 0 aliphatic carbocycles. The quantitative estimate of drug-likeness (QED) is 0.652. The van der Waals surface area contributed by atoms with Crippen LogP contribution in [0.3, 0.4) is 0 Å². The number of rotatable bonds is 6. The molecule has 2 fully saturated rings. The zero-order valence-corrected chi connectivity index (χ0v) is 12.1. The number of amides is 2. The van der Waals surface area contributed by atoms with Gasteiger partial charge in [0.05, 0.1) is 26.4 Å². The molecule has 0 saturated carbocycles. The molecule has 7 heteroatoms. The molecule has 2 saturated heterocycles. The van der Waals surface area contributed by atoms with E-state index in [1.165, 1.54) is 0 Å². The molecule has 2 rings (SSSR count). The van der Waals surface area contributed by atoms with Gasteiger partial charge in [0, 0.05) is 52.4 Å². The van der Waals surface area contributed by atoms with E-state index >= 15 is 0 Å². The molecule has 2 aliphatic rings. The second kappa shape index (κ2) is 9.12. The van der Waals surface area contributed by atoms with Gasteiger partial charge < -0.3 is 20.1 Å². The molecule has 2 amide bonds. The highest BCUT2D eigenvalue weighted by atomic mass is 16.5. The lowest BCUT2D eigenvalue weighted by Gasteiger charge is -2.27. The zero-order valence-electron chi connectivity index (χ0n) is 12.1. The highest BCUT2D eigenvalue weighted by molar-refractivity contribution is 5.73. The van der Waals surface area contributed by atoms with Crippen LogP contribution >= 0.6 is 0 Å². The topological polar surface area (TPSA) is 66.1 Å². The van der Waals surface area contributed by atoms with E-state index in [2.05, 4.69) is 20.4 Å². The smallest absolute Gasteiger partial charge is 0.314 e. The molecule has 0 spiro atoms. The first-order valence-corrected chi connectivity index (χ1v) is 7.46. The van der Waals surface area contributed by atoms with Gasteiger partial charge in [-0.2, -0.15) is 0 Å². The molecule has 0 aromatic heterocycles. The van der Waals surface area contributed by atoms with E-state index in [1.807, 2.05) is 0 Å². The van der Waals surface area contributed by atoms with E-state index in [4.69, 9.17) is 9.47 Å². The van der Waals surface area contributed by atoms with Gasteiger partial charge in [-0.25, -0.2) is 4.79 Å². The summed E-state index contributed by atoms with van der Waals surface area (Å²) in [4.78, 5) is 16.2. The van der Waals surface area contributed by atoms with Crippen molar-refractivity contribution in [3.8, 4) is 0 Å². The number of nitrogens with zero attached hydrogens (tertiary/aromatic N) is 2. The number of hydrogen-bond acceptors (Lipinski definition) is 5. The summed E-state index contributed by atoms with van der Waals surface area (Å²) in [6, 6.07) is -0.0773. The minimum Gasteiger partial charge on any atom is -0.379 e.